The zero-order valence-corrected chi connectivity index (χ0v) is 17.1. The number of nitrogens with one attached hydrogen (secondary N) is 1. The molecule has 1 saturated heterocycles. The highest BCUT2D eigenvalue weighted by molar-refractivity contribution is 6.30. The lowest BCUT2D eigenvalue weighted by Crippen LogP contribution is -2.45. The number of halogens is 1. The van der Waals surface area contributed by atoms with Gasteiger partial charge in [0, 0.05) is 35.7 Å². The Kier molecular flexibility index (Phi) is 5.56. The molecule has 1 aromatic heterocycles. The van der Waals surface area contributed by atoms with E-state index in [0.29, 0.717) is 10.7 Å². The van der Waals surface area contributed by atoms with Gasteiger partial charge in [0.25, 0.3) is 5.91 Å². The minimum atomic E-state index is -0.257. The standard InChI is InChI=1S/C22H23ClN4O2/c1-15-13-26(14-16(2)29-15)19-8-6-18(7-9-19)24-22(28)21-10-11-27(25-21)20-5-3-4-17(23)12-20/h3-12,15-16H,13-14H2,1-2H3,(H,24,28). The molecule has 2 heterocycles. The predicted octanol–water partition coefficient (Wildman–Crippen LogP) is 4.39. The van der Waals surface area contributed by atoms with Gasteiger partial charge in [0.15, 0.2) is 5.69 Å². The van der Waals surface area contributed by atoms with Crippen LogP contribution in [-0.2, 0) is 4.74 Å². The predicted molar refractivity (Wildman–Crippen MR) is 115 cm³/mol. The molecule has 1 aliphatic rings. The van der Waals surface area contributed by atoms with Gasteiger partial charge in [-0.2, -0.15) is 5.10 Å². The van der Waals surface area contributed by atoms with E-state index in [0.717, 1.165) is 30.2 Å². The van der Waals surface area contributed by atoms with Gasteiger partial charge in [0.2, 0.25) is 0 Å². The number of ether oxygens (including phenoxy) is 1. The van der Waals surface area contributed by atoms with Crippen LogP contribution in [0.2, 0.25) is 5.02 Å². The summed E-state index contributed by atoms with van der Waals surface area (Å²) >= 11 is 6.03. The van der Waals surface area contributed by atoms with Crippen LogP contribution in [0, 0.1) is 0 Å². The summed E-state index contributed by atoms with van der Waals surface area (Å²) in [5.41, 5.74) is 2.99. The fourth-order valence-corrected chi connectivity index (χ4v) is 3.73. The number of nitrogens with zero attached hydrogens (tertiary/aromatic N) is 3. The van der Waals surface area contributed by atoms with E-state index in [1.165, 1.54) is 0 Å². The third kappa shape index (κ3) is 4.60. The number of hydrogen-bond donors (Lipinski definition) is 1. The number of morpholine rings is 1. The molecule has 0 spiro atoms. The van der Waals surface area contributed by atoms with E-state index >= 15 is 0 Å². The molecule has 150 valence electrons. The maximum absolute atomic E-state index is 12.6. The molecular formula is C22H23ClN4O2. The molecule has 0 bridgehead atoms. The van der Waals surface area contributed by atoms with Crippen molar-refractivity contribution in [3.8, 4) is 5.69 Å². The minimum absolute atomic E-state index is 0.202. The van der Waals surface area contributed by atoms with Crippen LogP contribution in [0.5, 0.6) is 0 Å². The van der Waals surface area contributed by atoms with E-state index in [1.54, 1.807) is 29.1 Å². The fourth-order valence-electron chi connectivity index (χ4n) is 3.55. The molecule has 2 atom stereocenters. The first-order chi connectivity index (χ1) is 14.0. The lowest BCUT2D eigenvalue weighted by molar-refractivity contribution is -0.00521. The Balaban J connectivity index is 1.42. The van der Waals surface area contributed by atoms with Crippen LogP contribution in [-0.4, -0.2) is 41.0 Å². The first-order valence-corrected chi connectivity index (χ1v) is 9.99. The molecule has 0 aliphatic carbocycles. The summed E-state index contributed by atoms with van der Waals surface area (Å²) in [6, 6.07) is 16.9. The lowest BCUT2D eigenvalue weighted by Gasteiger charge is -2.36. The number of anilines is 2. The van der Waals surface area contributed by atoms with Crippen molar-refractivity contribution >= 4 is 28.9 Å². The highest BCUT2D eigenvalue weighted by atomic mass is 35.5. The van der Waals surface area contributed by atoms with Gasteiger partial charge in [-0.25, -0.2) is 4.68 Å². The summed E-state index contributed by atoms with van der Waals surface area (Å²) < 4.78 is 7.42. The Morgan fingerprint density at radius 3 is 2.48 bits per heavy atom. The van der Waals surface area contributed by atoms with Crippen molar-refractivity contribution in [2.24, 2.45) is 0 Å². The number of hydrogen-bond acceptors (Lipinski definition) is 4. The fraction of sp³-hybridized carbons (Fsp3) is 0.273. The van der Waals surface area contributed by atoms with Gasteiger partial charge < -0.3 is 15.0 Å². The van der Waals surface area contributed by atoms with E-state index in [-0.39, 0.29) is 18.1 Å². The highest BCUT2D eigenvalue weighted by Crippen LogP contribution is 2.22. The van der Waals surface area contributed by atoms with E-state index in [1.807, 2.05) is 36.4 Å². The van der Waals surface area contributed by atoms with Gasteiger partial charge in [-0.3, -0.25) is 4.79 Å². The molecule has 7 heteroatoms. The molecule has 6 nitrogen and oxygen atoms in total. The molecule has 0 radical (unpaired) electrons. The smallest absolute Gasteiger partial charge is 0.276 e. The minimum Gasteiger partial charge on any atom is -0.372 e. The molecule has 1 N–H and O–H groups in total. The first-order valence-electron chi connectivity index (χ1n) is 9.61. The quantitative estimate of drug-likeness (QED) is 0.692. The molecule has 1 fully saturated rings. The van der Waals surface area contributed by atoms with Gasteiger partial charge in [-0.15, -0.1) is 0 Å². The number of carbonyl (C=O) groups is 1. The number of aromatic nitrogens is 2. The van der Waals surface area contributed by atoms with Crippen molar-refractivity contribution in [2.45, 2.75) is 26.1 Å². The van der Waals surface area contributed by atoms with Crippen molar-refractivity contribution in [3.63, 3.8) is 0 Å². The van der Waals surface area contributed by atoms with Crippen LogP contribution in [0.1, 0.15) is 24.3 Å². The number of rotatable bonds is 4. The molecule has 2 aromatic carbocycles. The highest BCUT2D eigenvalue weighted by Gasteiger charge is 2.22. The second-order valence-electron chi connectivity index (χ2n) is 7.29. The van der Waals surface area contributed by atoms with Crippen molar-refractivity contribution in [3.05, 3.63) is 71.5 Å². The average molecular weight is 411 g/mol. The van der Waals surface area contributed by atoms with Gasteiger partial charge in [0.1, 0.15) is 0 Å². The lowest BCUT2D eigenvalue weighted by atomic mass is 10.2. The Morgan fingerprint density at radius 1 is 1.07 bits per heavy atom. The summed E-state index contributed by atoms with van der Waals surface area (Å²) in [7, 11) is 0. The Hall–Kier alpha value is -2.83. The molecule has 1 amide bonds. The van der Waals surface area contributed by atoms with Crippen molar-refractivity contribution in [1.29, 1.82) is 0 Å². The largest absolute Gasteiger partial charge is 0.372 e. The van der Waals surface area contributed by atoms with Gasteiger partial charge in [0.05, 0.1) is 17.9 Å². The van der Waals surface area contributed by atoms with E-state index in [4.69, 9.17) is 16.3 Å². The zero-order chi connectivity index (χ0) is 20.4. The molecular weight excluding hydrogens is 388 g/mol. The summed E-state index contributed by atoms with van der Waals surface area (Å²) in [5, 5.41) is 7.87. The second kappa shape index (κ2) is 8.27. The van der Waals surface area contributed by atoms with Gasteiger partial charge in [-0.1, -0.05) is 17.7 Å². The molecule has 1 aliphatic heterocycles. The third-order valence-corrected chi connectivity index (χ3v) is 5.04. The maximum atomic E-state index is 12.6. The van der Waals surface area contributed by atoms with Crippen LogP contribution < -0.4 is 10.2 Å². The van der Waals surface area contributed by atoms with Crippen molar-refractivity contribution in [2.75, 3.05) is 23.3 Å². The van der Waals surface area contributed by atoms with E-state index in [2.05, 4.69) is 29.2 Å². The third-order valence-electron chi connectivity index (χ3n) is 4.80. The molecule has 4 rings (SSSR count). The van der Waals surface area contributed by atoms with Gasteiger partial charge in [-0.05, 0) is 62.4 Å². The topological polar surface area (TPSA) is 59.4 Å². The summed E-state index contributed by atoms with van der Waals surface area (Å²) in [4.78, 5) is 14.9. The van der Waals surface area contributed by atoms with Crippen molar-refractivity contribution < 1.29 is 9.53 Å². The molecule has 29 heavy (non-hydrogen) atoms. The average Bonchev–Trinajstić information content (AvgIpc) is 3.18. The van der Waals surface area contributed by atoms with Crippen LogP contribution in [0.4, 0.5) is 11.4 Å². The maximum Gasteiger partial charge on any atom is 0.276 e. The number of benzene rings is 2. The summed E-state index contributed by atoms with van der Waals surface area (Å²) in [6.07, 6.45) is 2.14. The van der Waals surface area contributed by atoms with E-state index < -0.39 is 0 Å². The van der Waals surface area contributed by atoms with Crippen LogP contribution in [0.3, 0.4) is 0 Å². The first kappa shape index (κ1) is 19.5. The van der Waals surface area contributed by atoms with Crippen LogP contribution >= 0.6 is 11.6 Å². The molecule has 0 saturated carbocycles. The van der Waals surface area contributed by atoms with Crippen LogP contribution in [0.25, 0.3) is 5.69 Å². The van der Waals surface area contributed by atoms with Crippen LogP contribution in [0.15, 0.2) is 60.8 Å². The number of amides is 1. The molecule has 3 aromatic rings. The Bertz CT molecular complexity index is 992. The Morgan fingerprint density at radius 2 is 1.79 bits per heavy atom. The summed E-state index contributed by atoms with van der Waals surface area (Å²) in [6.45, 7) is 5.88. The van der Waals surface area contributed by atoms with Gasteiger partial charge >= 0.3 is 0 Å². The SMILES string of the molecule is CC1CN(c2ccc(NC(=O)c3ccn(-c4cccc(Cl)c4)n3)cc2)CC(C)O1. The normalized spacial score (nSPS) is 19.2. The van der Waals surface area contributed by atoms with E-state index in [9.17, 15) is 4.79 Å². The van der Waals surface area contributed by atoms with Crippen molar-refractivity contribution in [1.82, 2.24) is 9.78 Å². The summed E-state index contributed by atoms with van der Waals surface area (Å²) in [5.74, 6) is -0.257. The second-order valence-corrected chi connectivity index (χ2v) is 7.73. The Labute approximate surface area is 175 Å². The number of carbonyl (C=O) groups excluding carboxylic acids is 1. The monoisotopic (exact) mass is 410 g/mol. The zero-order valence-electron chi connectivity index (χ0n) is 16.4. The molecule has 2 unspecified atom stereocenters.